The third-order valence-electron chi connectivity index (χ3n) is 6.17. The number of rotatable bonds is 7. The molecule has 31 heavy (non-hydrogen) atoms. The summed E-state index contributed by atoms with van der Waals surface area (Å²) in [6, 6.07) is 8.34. The number of hydrogen-bond acceptors (Lipinski definition) is 4. The van der Waals surface area contributed by atoms with Crippen molar-refractivity contribution >= 4 is 40.2 Å². The minimum absolute atomic E-state index is 0.00732. The molecule has 1 aromatic heterocycles. The van der Waals surface area contributed by atoms with Crippen LogP contribution in [0.3, 0.4) is 0 Å². The molecule has 2 heterocycles. The van der Waals surface area contributed by atoms with Gasteiger partial charge >= 0.3 is 0 Å². The number of piperidine rings is 1. The van der Waals surface area contributed by atoms with Crippen LogP contribution in [0.15, 0.2) is 30.5 Å². The van der Waals surface area contributed by atoms with Crippen LogP contribution in [0.4, 0.5) is 5.82 Å². The number of benzene rings is 1. The van der Waals surface area contributed by atoms with Crippen LogP contribution in [0.1, 0.15) is 41.6 Å². The highest BCUT2D eigenvalue weighted by atomic mass is 127. The summed E-state index contributed by atoms with van der Waals surface area (Å²) < 4.78 is 2.95. The van der Waals surface area contributed by atoms with E-state index in [4.69, 9.17) is 12.3 Å². The molecule has 0 atom stereocenters. The summed E-state index contributed by atoms with van der Waals surface area (Å²) in [5.74, 6) is -0.562. The van der Waals surface area contributed by atoms with Crippen LogP contribution < -0.4 is 11.1 Å². The fourth-order valence-corrected chi connectivity index (χ4v) is 4.61. The maximum atomic E-state index is 12.2. The van der Waals surface area contributed by atoms with Crippen molar-refractivity contribution in [3.63, 3.8) is 0 Å². The van der Waals surface area contributed by atoms with Gasteiger partial charge in [-0.1, -0.05) is 18.2 Å². The number of nitrogens with zero attached hydrogens (tertiary/aromatic N) is 4. The minimum Gasteiger partial charge on any atom is -0.365 e. The molecule has 1 saturated carbocycles. The summed E-state index contributed by atoms with van der Waals surface area (Å²) in [5.41, 5.74) is 6.52. The highest BCUT2D eigenvalue weighted by Crippen LogP contribution is 2.34. The average molecular weight is 532 g/mol. The smallest absolute Gasteiger partial charge is 0.254 e. The van der Waals surface area contributed by atoms with Crippen molar-refractivity contribution in [2.75, 3.05) is 25.0 Å². The number of primary amides is 1. The number of nitrogens with one attached hydrogen (secondary N) is 1. The van der Waals surface area contributed by atoms with E-state index in [-0.39, 0.29) is 29.8 Å². The first kappa shape index (κ1) is 21.8. The monoisotopic (exact) mass is 532 g/mol. The summed E-state index contributed by atoms with van der Waals surface area (Å²) in [6.45, 7) is 10.3. The van der Waals surface area contributed by atoms with Crippen LogP contribution in [0.25, 0.3) is 4.85 Å². The number of anilines is 1. The zero-order valence-corrected chi connectivity index (χ0v) is 19.3. The Morgan fingerprint density at radius 2 is 2.00 bits per heavy atom. The highest BCUT2D eigenvalue weighted by molar-refractivity contribution is 14.1. The Morgan fingerprint density at radius 1 is 1.29 bits per heavy atom. The Morgan fingerprint density at radius 3 is 2.61 bits per heavy atom. The van der Waals surface area contributed by atoms with Gasteiger partial charge in [0.25, 0.3) is 5.91 Å². The number of amides is 2. The first-order valence-electron chi connectivity index (χ1n) is 10.4. The average Bonchev–Trinajstić information content (AvgIpc) is 3.51. The van der Waals surface area contributed by atoms with Crippen molar-refractivity contribution in [2.24, 2.45) is 11.7 Å². The second kappa shape index (κ2) is 8.96. The number of nitrogens with two attached hydrogens (primary N) is 1. The second-order valence-corrected chi connectivity index (χ2v) is 9.53. The van der Waals surface area contributed by atoms with Gasteiger partial charge < -0.3 is 15.9 Å². The molecular weight excluding hydrogens is 507 g/mol. The molecule has 2 aromatic rings. The van der Waals surface area contributed by atoms with Gasteiger partial charge in [-0.3, -0.25) is 19.2 Å². The van der Waals surface area contributed by atoms with Crippen molar-refractivity contribution in [2.45, 2.75) is 37.8 Å². The van der Waals surface area contributed by atoms with E-state index >= 15 is 0 Å². The lowest BCUT2D eigenvalue weighted by Gasteiger charge is -2.39. The van der Waals surface area contributed by atoms with Gasteiger partial charge in [-0.05, 0) is 59.9 Å². The molecule has 2 aliphatic rings. The van der Waals surface area contributed by atoms with Crippen LogP contribution in [0, 0.1) is 16.1 Å². The van der Waals surface area contributed by atoms with Gasteiger partial charge in [0.15, 0.2) is 5.82 Å². The zero-order valence-electron chi connectivity index (χ0n) is 17.2. The minimum atomic E-state index is -0.633. The molecule has 1 aliphatic carbocycles. The molecule has 2 fully saturated rings. The Balaban J connectivity index is 1.53. The van der Waals surface area contributed by atoms with Gasteiger partial charge in [0.1, 0.15) is 11.1 Å². The van der Waals surface area contributed by atoms with Gasteiger partial charge in [-0.25, -0.2) is 6.57 Å². The maximum Gasteiger partial charge on any atom is 0.254 e. The largest absolute Gasteiger partial charge is 0.365 e. The van der Waals surface area contributed by atoms with Crippen LogP contribution in [0.5, 0.6) is 0 Å². The summed E-state index contributed by atoms with van der Waals surface area (Å²) in [4.78, 5) is 30.3. The van der Waals surface area contributed by atoms with Crippen LogP contribution in [-0.2, 0) is 16.9 Å². The van der Waals surface area contributed by atoms with E-state index in [1.807, 2.05) is 6.07 Å². The molecule has 4 rings (SSSR count). The molecule has 3 N–H and O–H groups in total. The topological polar surface area (TPSA) is 97.6 Å². The predicted molar refractivity (Wildman–Crippen MR) is 125 cm³/mol. The van der Waals surface area contributed by atoms with Gasteiger partial charge in [-0.15, -0.1) is 0 Å². The number of halogens is 1. The Hall–Kier alpha value is -2.45. The summed E-state index contributed by atoms with van der Waals surface area (Å²) in [5, 5.41) is 7.30. The molecular formula is C22H25IN6O2. The van der Waals surface area contributed by atoms with E-state index in [1.165, 1.54) is 9.13 Å². The Bertz CT molecular complexity index is 1030. The third-order valence-corrected chi connectivity index (χ3v) is 7.22. The number of hydrogen-bond donors (Lipinski definition) is 2. The van der Waals surface area contributed by atoms with Crippen molar-refractivity contribution in [1.29, 1.82) is 0 Å². The lowest BCUT2D eigenvalue weighted by atomic mass is 9.87. The zero-order chi connectivity index (χ0) is 22.0. The molecule has 8 nitrogen and oxygen atoms in total. The molecule has 0 unspecified atom stereocenters. The number of carbonyl (C=O) groups is 2. The molecule has 9 heteroatoms. The van der Waals surface area contributed by atoms with Crippen molar-refractivity contribution in [3.05, 3.63) is 56.6 Å². The fraction of sp³-hybridized carbons (Fsp3) is 0.455. The fourth-order valence-electron chi connectivity index (χ4n) is 4.06. The van der Waals surface area contributed by atoms with Crippen molar-refractivity contribution < 1.29 is 9.59 Å². The van der Waals surface area contributed by atoms with Crippen molar-refractivity contribution in [1.82, 2.24) is 14.7 Å². The number of likely N-dealkylation sites (tertiary alicyclic amines) is 1. The first-order valence-corrected chi connectivity index (χ1v) is 11.5. The van der Waals surface area contributed by atoms with Gasteiger partial charge in [0.05, 0.1) is 0 Å². The molecule has 0 radical (unpaired) electrons. The predicted octanol–water partition coefficient (Wildman–Crippen LogP) is 2.85. The Kier molecular flexibility index (Phi) is 6.29. The summed E-state index contributed by atoms with van der Waals surface area (Å²) >= 11 is 2.36. The van der Waals surface area contributed by atoms with Crippen LogP contribution in [-0.4, -0.2) is 46.1 Å². The van der Waals surface area contributed by atoms with Crippen molar-refractivity contribution in [3.8, 4) is 0 Å². The van der Waals surface area contributed by atoms with E-state index in [1.54, 1.807) is 10.9 Å². The lowest BCUT2D eigenvalue weighted by molar-refractivity contribution is -0.117. The van der Waals surface area contributed by atoms with Crippen LogP contribution in [0.2, 0.25) is 0 Å². The van der Waals surface area contributed by atoms with Gasteiger partial charge in [0, 0.05) is 35.3 Å². The maximum absolute atomic E-state index is 12.2. The molecule has 162 valence electrons. The number of aromatic nitrogens is 2. The Labute approximate surface area is 195 Å². The normalized spacial score (nSPS) is 18.3. The second-order valence-electron chi connectivity index (χ2n) is 8.37. The summed E-state index contributed by atoms with van der Waals surface area (Å²) in [7, 11) is 0. The van der Waals surface area contributed by atoms with E-state index < -0.39 is 11.4 Å². The first-order chi connectivity index (χ1) is 14.9. The van der Waals surface area contributed by atoms with E-state index in [9.17, 15) is 9.59 Å². The quantitative estimate of drug-likeness (QED) is 0.424. The summed E-state index contributed by atoms with van der Waals surface area (Å²) in [6.07, 6.45) is 4.78. The molecule has 0 spiro atoms. The van der Waals surface area contributed by atoms with Crippen LogP contribution >= 0.6 is 22.6 Å². The van der Waals surface area contributed by atoms with E-state index in [2.05, 4.69) is 61.0 Å². The highest BCUT2D eigenvalue weighted by Gasteiger charge is 2.41. The van der Waals surface area contributed by atoms with E-state index in [0.717, 1.165) is 45.3 Å². The van der Waals surface area contributed by atoms with E-state index in [0.29, 0.717) is 0 Å². The molecule has 0 bridgehead atoms. The SMILES string of the molecule is [C-]#[N+]CC1(n2cc(C(N)=O)c(NC(=O)C3CC3)n2)CCN(Cc2ccccc2I)CC1. The van der Waals surface area contributed by atoms with Gasteiger partial charge in [-0.2, -0.15) is 5.10 Å². The standard InChI is InChI=1S/C22H25IN6O2/c1-25-14-22(8-10-28(11-9-22)12-16-4-2-3-5-18(16)23)29-13-17(19(24)30)20(27-29)26-21(31)15-6-7-15/h2-5,13,15H,6-12,14H2,(H2,24,30)(H,26,27,31). The molecule has 1 aromatic carbocycles. The molecule has 1 saturated heterocycles. The molecule has 1 aliphatic heterocycles. The molecule has 2 amide bonds. The van der Waals surface area contributed by atoms with Gasteiger partial charge in [0.2, 0.25) is 12.5 Å². The lowest BCUT2D eigenvalue weighted by Crippen LogP contribution is -2.48. The number of carbonyl (C=O) groups excluding carboxylic acids is 2. The third kappa shape index (κ3) is 4.75.